The van der Waals surface area contributed by atoms with Gasteiger partial charge in [0.1, 0.15) is 42.7 Å². The van der Waals surface area contributed by atoms with Crippen LogP contribution in [0.5, 0.6) is 0 Å². The van der Waals surface area contributed by atoms with E-state index in [0.29, 0.717) is 0 Å². The summed E-state index contributed by atoms with van der Waals surface area (Å²) in [7, 11) is 0. The third kappa shape index (κ3) is 4.25. The third-order valence-electron chi connectivity index (χ3n) is 4.08. The van der Waals surface area contributed by atoms with Gasteiger partial charge in [-0.05, 0) is 0 Å². The van der Waals surface area contributed by atoms with Crippen LogP contribution in [0.25, 0.3) is 0 Å². The zero-order chi connectivity index (χ0) is 18.9. The number of ether oxygens (including phenoxy) is 3. The second kappa shape index (κ2) is 8.18. The highest BCUT2D eigenvalue weighted by Gasteiger charge is 2.50. The van der Waals surface area contributed by atoms with Gasteiger partial charge in [0.25, 0.3) is 0 Å². The molecule has 0 aliphatic carbocycles. The molecule has 0 spiro atoms. The minimum atomic E-state index is -1.88. The fourth-order valence-electron chi connectivity index (χ4n) is 2.73. The first-order valence-corrected chi connectivity index (χ1v) is 7.60. The molecule has 2 rings (SSSR count). The summed E-state index contributed by atoms with van der Waals surface area (Å²) >= 11 is 0. The van der Waals surface area contributed by atoms with Crippen LogP contribution in [-0.2, 0) is 19.0 Å². The Morgan fingerprint density at radius 2 is 1.60 bits per heavy atom. The number of hydrogen-bond donors (Lipinski definition) is 8. The van der Waals surface area contributed by atoms with Crippen molar-refractivity contribution >= 4 is 5.91 Å². The Morgan fingerprint density at radius 3 is 2.16 bits per heavy atom. The van der Waals surface area contributed by atoms with Crippen LogP contribution >= 0.6 is 0 Å². The summed E-state index contributed by atoms with van der Waals surface area (Å²) in [6.45, 7) is 0.465. The van der Waals surface area contributed by atoms with Gasteiger partial charge in [-0.15, -0.1) is 0 Å². The predicted octanol–water partition coefficient (Wildman–Crippen LogP) is -5.30. The SMILES string of the molecule is CC(=O)N[C@H]1C(O)O[C@H](CO)[C@@H](O)[C@@H]1O[C@H]1O[C@H](O)[C@@H](O)[C@@H](O)[C@@H]1O. The van der Waals surface area contributed by atoms with Crippen LogP contribution in [-0.4, -0.2) is 110 Å². The van der Waals surface area contributed by atoms with Crippen molar-refractivity contribution in [2.45, 2.75) is 68.5 Å². The molecule has 25 heavy (non-hydrogen) atoms. The number of hydrogen-bond acceptors (Lipinski definition) is 11. The van der Waals surface area contributed by atoms with E-state index in [4.69, 9.17) is 14.2 Å². The van der Waals surface area contributed by atoms with Crippen molar-refractivity contribution in [2.24, 2.45) is 0 Å². The highest BCUT2D eigenvalue weighted by atomic mass is 16.8. The largest absolute Gasteiger partial charge is 0.394 e. The van der Waals surface area contributed by atoms with Gasteiger partial charge in [0.15, 0.2) is 18.9 Å². The maximum atomic E-state index is 11.3. The summed E-state index contributed by atoms with van der Waals surface area (Å²) < 4.78 is 15.2. The van der Waals surface area contributed by atoms with Gasteiger partial charge in [-0.1, -0.05) is 0 Å². The van der Waals surface area contributed by atoms with E-state index < -0.39 is 74.0 Å². The van der Waals surface area contributed by atoms with Crippen molar-refractivity contribution < 1.29 is 54.8 Å². The maximum Gasteiger partial charge on any atom is 0.217 e. The number of amides is 1. The van der Waals surface area contributed by atoms with E-state index in [2.05, 4.69) is 5.32 Å². The van der Waals surface area contributed by atoms with Crippen LogP contribution < -0.4 is 5.32 Å². The van der Waals surface area contributed by atoms with Crippen LogP contribution in [0.1, 0.15) is 6.92 Å². The van der Waals surface area contributed by atoms with E-state index in [1.165, 1.54) is 0 Å². The number of nitrogens with one attached hydrogen (secondary N) is 1. The number of carbonyl (C=O) groups is 1. The second-order valence-electron chi connectivity index (χ2n) is 5.93. The van der Waals surface area contributed by atoms with Crippen molar-refractivity contribution in [2.75, 3.05) is 6.61 Å². The summed E-state index contributed by atoms with van der Waals surface area (Å²) in [6, 6.07) is -1.30. The maximum absolute atomic E-state index is 11.3. The van der Waals surface area contributed by atoms with Gasteiger partial charge in [-0.3, -0.25) is 4.79 Å². The third-order valence-corrected chi connectivity index (χ3v) is 4.08. The molecule has 2 saturated heterocycles. The molecule has 2 aliphatic heterocycles. The molecular formula is C13H23NO11. The molecule has 0 aromatic heterocycles. The standard InChI is InChI=1S/C13H23NO11/c1-3(16)14-5-10(6(17)4(2-15)23-11(5)21)24-13-9(20)7(18)8(19)12(22)25-13/h4-13,15,17-22H,2H2,1H3,(H,14,16)/t4-,5-,6-,7-,8+,9+,10-,11?,12+,13+/m1/s1. The van der Waals surface area contributed by atoms with Crippen LogP contribution in [0.2, 0.25) is 0 Å². The molecule has 0 bridgehead atoms. The van der Waals surface area contributed by atoms with E-state index in [9.17, 15) is 40.5 Å². The molecule has 1 unspecified atom stereocenters. The van der Waals surface area contributed by atoms with Crippen molar-refractivity contribution in [1.29, 1.82) is 0 Å². The van der Waals surface area contributed by atoms with Gasteiger partial charge < -0.3 is 55.3 Å². The van der Waals surface area contributed by atoms with Gasteiger partial charge in [0.2, 0.25) is 5.91 Å². The van der Waals surface area contributed by atoms with Crippen molar-refractivity contribution in [1.82, 2.24) is 5.32 Å². The van der Waals surface area contributed by atoms with Crippen molar-refractivity contribution in [3.05, 3.63) is 0 Å². The topological polar surface area (TPSA) is 198 Å². The Hall–Kier alpha value is -0.930. The minimum Gasteiger partial charge on any atom is -0.394 e. The Morgan fingerprint density at radius 1 is 0.960 bits per heavy atom. The second-order valence-corrected chi connectivity index (χ2v) is 5.93. The van der Waals surface area contributed by atoms with Gasteiger partial charge in [0.05, 0.1) is 6.61 Å². The lowest BCUT2D eigenvalue weighted by Crippen LogP contribution is -2.67. The molecule has 0 radical (unpaired) electrons. The number of carbonyl (C=O) groups excluding carboxylic acids is 1. The summed E-state index contributed by atoms with van der Waals surface area (Å²) in [6.07, 6.45) is -14.9. The van der Waals surface area contributed by atoms with Crippen LogP contribution in [0.4, 0.5) is 0 Å². The Balaban J connectivity index is 2.20. The Bertz CT molecular complexity index is 465. The molecule has 0 aromatic rings. The van der Waals surface area contributed by atoms with Crippen LogP contribution in [0, 0.1) is 0 Å². The predicted molar refractivity (Wildman–Crippen MR) is 75.4 cm³/mol. The summed E-state index contributed by atoms with van der Waals surface area (Å²) in [5, 5.41) is 70.3. The Kier molecular flexibility index (Phi) is 6.67. The molecule has 146 valence electrons. The monoisotopic (exact) mass is 369 g/mol. The van der Waals surface area contributed by atoms with Gasteiger partial charge in [-0.25, -0.2) is 0 Å². The molecule has 0 aromatic carbocycles. The number of aliphatic hydroxyl groups is 7. The molecule has 10 atom stereocenters. The average molecular weight is 369 g/mol. The molecule has 2 heterocycles. The fraction of sp³-hybridized carbons (Fsp3) is 0.923. The molecule has 0 saturated carbocycles. The van der Waals surface area contributed by atoms with E-state index in [1.807, 2.05) is 0 Å². The molecule has 12 nitrogen and oxygen atoms in total. The van der Waals surface area contributed by atoms with Gasteiger partial charge in [0, 0.05) is 6.92 Å². The van der Waals surface area contributed by atoms with E-state index in [1.54, 1.807) is 0 Å². The first-order chi connectivity index (χ1) is 11.7. The molecule has 2 fully saturated rings. The Labute approximate surface area is 142 Å². The molecular weight excluding hydrogens is 346 g/mol. The summed E-state index contributed by atoms with van der Waals surface area (Å²) in [5.41, 5.74) is 0. The quantitative estimate of drug-likeness (QED) is 0.235. The lowest BCUT2D eigenvalue weighted by atomic mass is 9.96. The van der Waals surface area contributed by atoms with E-state index >= 15 is 0 Å². The first kappa shape index (κ1) is 20.4. The highest BCUT2D eigenvalue weighted by Crippen LogP contribution is 2.28. The normalized spacial score (nSPS) is 48.2. The van der Waals surface area contributed by atoms with E-state index in [-0.39, 0.29) is 0 Å². The lowest BCUT2D eigenvalue weighted by Gasteiger charge is -2.45. The van der Waals surface area contributed by atoms with E-state index in [0.717, 1.165) is 6.92 Å². The van der Waals surface area contributed by atoms with Crippen molar-refractivity contribution in [3.8, 4) is 0 Å². The van der Waals surface area contributed by atoms with Crippen LogP contribution in [0.15, 0.2) is 0 Å². The first-order valence-electron chi connectivity index (χ1n) is 7.60. The van der Waals surface area contributed by atoms with Crippen LogP contribution in [0.3, 0.4) is 0 Å². The minimum absolute atomic E-state index is 0.587. The smallest absolute Gasteiger partial charge is 0.217 e. The number of rotatable bonds is 4. The molecule has 2 aliphatic rings. The average Bonchev–Trinajstić information content (AvgIpc) is 2.56. The summed E-state index contributed by atoms with van der Waals surface area (Å²) in [4.78, 5) is 11.3. The molecule has 1 amide bonds. The highest BCUT2D eigenvalue weighted by molar-refractivity contribution is 5.73. The number of aliphatic hydroxyl groups excluding tert-OH is 7. The zero-order valence-corrected chi connectivity index (χ0v) is 13.2. The summed E-state index contributed by atoms with van der Waals surface area (Å²) in [5.74, 6) is -0.587. The lowest BCUT2D eigenvalue weighted by molar-refractivity contribution is -0.366. The molecule has 12 heteroatoms. The van der Waals surface area contributed by atoms with Gasteiger partial charge in [-0.2, -0.15) is 0 Å². The zero-order valence-electron chi connectivity index (χ0n) is 13.2. The molecule has 8 N–H and O–H groups in total. The fourth-order valence-corrected chi connectivity index (χ4v) is 2.73. The van der Waals surface area contributed by atoms with Crippen molar-refractivity contribution in [3.63, 3.8) is 0 Å². The van der Waals surface area contributed by atoms with Gasteiger partial charge >= 0.3 is 0 Å².